The van der Waals surface area contributed by atoms with E-state index >= 15 is 0 Å². The summed E-state index contributed by atoms with van der Waals surface area (Å²) in [6.45, 7) is 0. The molecule has 0 saturated heterocycles. The molecule has 3 rings (SSSR count). The van der Waals surface area contributed by atoms with E-state index in [1.54, 1.807) is 0 Å². The molecule has 0 bridgehead atoms. The Morgan fingerprint density at radius 3 is 2.93 bits per heavy atom. The summed E-state index contributed by atoms with van der Waals surface area (Å²) in [6.07, 6.45) is 0. The van der Waals surface area contributed by atoms with Crippen molar-refractivity contribution in [2.45, 2.75) is 0 Å². The van der Waals surface area contributed by atoms with Gasteiger partial charge in [-0.1, -0.05) is 0 Å². The third kappa shape index (κ3) is 1.19. The van der Waals surface area contributed by atoms with Gasteiger partial charge in [0, 0.05) is 0 Å². The predicted octanol–water partition coefficient (Wildman–Crippen LogP) is 3.10. The van der Waals surface area contributed by atoms with Crippen LogP contribution in [-0.2, 0) is 0 Å². The molecule has 0 N–H and O–H groups in total. The number of benzene rings is 2. The number of rotatable bonds is 0. The van der Waals surface area contributed by atoms with Gasteiger partial charge in [0.05, 0.1) is 0 Å². The van der Waals surface area contributed by atoms with E-state index in [0.717, 1.165) is 10.5 Å². The van der Waals surface area contributed by atoms with E-state index in [4.69, 9.17) is 11.6 Å². The number of nitrogens with zero attached hydrogens (tertiary/aromatic N) is 1. The molecule has 1 aromatic heterocycles. The summed E-state index contributed by atoms with van der Waals surface area (Å²) < 4.78 is 1.35. The zero-order chi connectivity index (χ0) is 9.54. The molecule has 0 radical (unpaired) electrons. The van der Waals surface area contributed by atoms with E-state index in [9.17, 15) is 0 Å². The summed E-state index contributed by atoms with van der Waals surface area (Å²) in [6, 6.07) is 10.3. The van der Waals surface area contributed by atoms with Crippen LogP contribution < -0.4 is 0 Å². The standard InChI is InChI=1S/C11H6ClNSe/c12-8-3-1-7-2-4-10-11(9(7)5-8)13-6-14-10/h1-6H. The molecule has 0 saturated carbocycles. The summed E-state index contributed by atoms with van der Waals surface area (Å²) in [5.41, 5.74) is 1.12. The maximum atomic E-state index is 5.97. The summed E-state index contributed by atoms with van der Waals surface area (Å²) in [7, 11) is 0. The van der Waals surface area contributed by atoms with E-state index < -0.39 is 0 Å². The average Bonchev–Trinajstić information content (AvgIpc) is 2.65. The van der Waals surface area contributed by atoms with Gasteiger partial charge >= 0.3 is 92.1 Å². The van der Waals surface area contributed by atoms with Crippen LogP contribution in [-0.4, -0.2) is 19.5 Å². The molecular weight excluding hydrogens is 261 g/mol. The second kappa shape index (κ2) is 3.09. The summed E-state index contributed by atoms with van der Waals surface area (Å²) in [4.78, 5) is 4.41. The van der Waals surface area contributed by atoms with Gasteiger partial charge < -0.3 is 0 Å². The Kier molecular flexibility index (Phi) is 1.88. The Bertz CT molecular complexity index is 615. The van der Waals surface area contributed by atoms with Crippen LogP contribution >= 0.6 is 11.6 Å². The second-order valence-corrected chi connectivity index (χ2v) is 5.43. The molecule has 0 aliphatic carbocycles. The average molecular weight is 267 g/mol. The van der Waals surface area contributed by atoms with Crippen LogP contribution in [0.5, 0.6) is 0 Å². The van der Waals surface area contributed by atoms with Crippen molar-refractivity contribution < 1.29 is 0 Å². The Balaban J connectivity index is 2.60. The van der Waals surface area contributed by atoms with Crippen molar-refractivity contribution in [3.63, 3.8) is 0 Å². The molecule has 68 valence electrons. The number of fused-ring (bicyclic) bond motifs is 3. The summed E-state index contributed by atoms with van der Waals surface area (Å²) >= 11 is 6.38. The van der Waals surface area contributed by atoms with Crippen LogP contribution in [0.4, 0.5) is 0 Å². The van der Waals surface area contributed by atoms with Crippen LogP contribution in [0, 0.1) is 0 Å². The molecule has 0 aliphatic heterocycles. The van der Waals surface area contributed by atoms with E-state index in [1.165, 1.54) is 15.0 Å². The van der Waals surface area contributed by atoms with Crippen LogP contribution in [0.25, 0.3) is 20.5 Å². The molecule has 2 aromatic carbocycles. The van der Waals surface area contributed by atoms with Gasteiger partial charge in [-0.25, -0.2) is 0 Å². The zero-order valence-corrected chi connectivity index (χ0v) is 9.67. The first-order chi connectivity index (χ1) is 6.84. The van der Waals surface area contributed by atoms with E-state index in [-0.39, 0.29) is 0 Å². The Hall–Kier alpha value is -0.821. The fourth-order valence-electron chi connectivity index (χ4n) is 1.62. The minimum atomic E-state index is 0.409. The van der Waals surface area contributed by atoms with Gasteiger partial charge in [-0.15, -0.1) is 0 Å². The fraction of sp³-hybridized carbons (Fsp3) is 0. The van der Waals surface area contributed by atoms with Crippen molar-refractivity contribution in [2.75, 3.05) is 0 Å². The van der Waals surface area contributed by atoms with E-state index in [0.29, 0.717) is 14.5 Å². The number of aromatic nitrogens is 1. The summed E-state index contributed by atoms with van der Waals surface area (Å²) in [5.74, 6) is 0. The third-order valence-electron chi connectivity index (χ3n) is 2.28. The molecule has 0 fully saturated rings. The van der Waals surface area contributed by atoms with Crippen LogP contribution in [0.3, 0.4) is 0 Å². The monoisotopic (exact) mass is 267 g/mol. The maximum absolute atomic E-state index is 5.97. The van der Waals surface area contributed by atoms with Crippen molar-refractivity contribution in [3.05, 3.63) is 40.4 Å². The van der Waals surface area contributed by atoms with Crippen molar-refractivity contribution in [2.24, 2.45) is 0 Å². The van der Waals surface area contributed by atoms with Gasteiger partial charge in [0.25, 0.3) is 0 Å². The number of hydrogen-bond donors (Lipinski definition) is 0. The minimum absolute atomic E-state index is 0.409. The molecule has 0 spiro atoms. The van der Waals surface area contributed by atoms with Gasteiger partial charge in [0.1, 0.15) is 0 Å². The van der Waals surface area contributed by atoms with Gasteiger partial charge in [-0.2, -0.15) is 0 Å². The predicted molar refractivity (Wildman–Crippen MR) is 61.2 cm³/mol. The molecule has 0 unspecified atom stereocenters. The number of hydrogen-bond acceptors (Lipinski definition) is 1. The van der Waals surface area contributed by atoms with Gasteiger partial charge in [-0.3, -0.25) is 0 Å². The SMILES string of the molecule is Clc1ccc2ccc3[se]cnc3c2c1. The Labute approximate surface area is 92.1 Å². The summed E-state index contributed by atoms with van der Waals surface area (Å²) in [5, 5.41) is 5.17. The van der Waals surface area contributed by atoms with Crippen LogP contribution in [0.1, 0.15) is 0 Å². The molecule has 3 heteroatoms. The normalized spacial score (nSPS) is 11.2. The quantitative estimate of drug-likeness (QED) is 0.570. The Morgan fingerprint density at radius 2 is 2.00 bits per heavy atom. The van der Waals surface area contributed by atoms with E-state index in [1.807, 2.05) is 23.3 Å². The first-order valence-corrected chi connectivity index (χ1v) is 6.48. The topological polar surface area (TPSA) is 12.9 Å². The zero-order valence-electron chi connectivity index (χ0n) is 7.20. The molecule has 1 nitrogen and oxygen atoms in total. The molecule has 0 amide bonds. The van der Waals surface area contributed by atoms with Crippen LogP contribution in [0.2, 0.25) is 5.02 Å². The number of halogens is 1. The molecule has 1 heterocycles. The Morgan fingerprint density at radius 1 is 1.14 bits per heavy atom. The van der Waals surface area contributed by atoms with Gasteiger partial charge in [0.15, 0.2) is 0 Å². The van der Waals surface area contributed by atoms with Gasteiger partial charge in [-0.05, 0) is 0 Å². The van der Waals surface area contributed by atoms with Crippen molar-refractivity contribution >= 4 is 46.7 Å². The fourth-order valence-corrected chi connectivity index (χ4v) is 3.25. The van der Waals surface area contributed by atoms with Crippen molar-refractivity contribution in [1.29, 1.82) is 0 Å². The molecular formula is C11H6ClNSe. The van der Waals surface area contributed by atoms with Crippen molar-refractivity contribution in [1.82, 2.24) is 4.98 Å². The first kappa shape index (κ1) is 8.48. The van der Waals surface area contributed by atoms with E-state index in [2.05, 4.69) is 17.1 Å². The van der Waals surface area contributed by atoms with Gasteiger partial charge in [0.2, 0.25) is 0 Å². The molecule has 14 heavy (non-hydrogen) atoms. The molecule has 0 atom stereocenters. The third-order valence-corrected chi connectivity index (χ3v) is 4.18. The molecule has 3 aromatic rings. The first-order valence-electron chi connectivity index (χ1n) is 4.26. The van der Waals surface area contributed by atoms with Crippen LogP contribution in [0.15, 0.2) is 35.4 Å². The second-order valence-electron chi connectivity index (χ2n) is 3.13. The van der Waals surface area contributed by atoms with Crippen molar-refractivity contribution in [3.8, 4) is 0 Å². The molecule has 0 aliphatic rings.